The molecule has 0 saturated carbocycles. The van der Waals surface area contributed by atoms with Gasteiger partial charge in [-0.15, -0.1) is 0 Å². The van der Waals surface area contributed by atoms with Crippen molar-refractivity contribution in [1.29, 1.82) is 0 Å². The standard InChI is InChI=1S/C19H19BrClN3O3/c1-12-7-8-17(14(20)9-12)27-11-19(26)24-23-13(2)10-18(25)22-16-6-4-3-5-15(16)21/h3-9H,10-11H2,1-2H3,(H,22,25)(H,24,26)/b23-13-. The van der Waals surface area contributed by atoms with E-state index < -0.39 is 5.91 Å². The van der Waals surface area contributed by atoms with E-state index in [-0.39, 0.29) is 18.9 Å². The minimum Gasteiger partial charge on any atom is -0.483 e. The first-order valence-corrected chi connectivity index (χ1v) is 9.27. The number of anilines is 1. The van der Waals surface area contributed by atoms with Gasteiger partial charge in [-0.2, -0.15) is 5.10 Å². The second kappa shape index (κ2) is 10.1. The summed E-state index contributed by atoms with van der Waals surface area (Å²) in [5, 5.41) is 7.05. The van der Waals surface area contributed by atoms with Crippen molar-refractivity contribution in [2.75, 3.05) is 11.9 Å². The van der Waals surface area contributed by atoms with Crippen LogP contribution in [0.15, 0.2) is 52.0 Å². The van der Waals surface area contributed by atoms with Crippen molar-refractivity contribution in [3.05, 3.63) is 57.5 Å². The molecule has 2 rings (SSSR count). The monoisotopic (exact) mass is 451 g/mol. The molecule has 2 aromatic rings. The van der Waals surface area contributed by atoms with E-state index in [0.717, 1.165) is 10.0 Å². The summed E-state index contributed by atoms with van der Waals surface area (Å²) in [5.41, 5.74) is 4.42. The van der Waals surface area contributed by atoms with Gasteiger partial charge in [-0.05, 0) is 59.6 Å². The first kappa shape index (κ1) is 20.9. The maximum Gasteiger partial charge on any atom is 0.277 e. The third-order valence-electron chi connectivity index (χ3n) is 3.38. The van der Waals surface area contributed by atoms with Crippen LogP contribution < -0.4 is 15.5 Å². The molecule has 2 aromatic carbocycles. The molecule has 0 unspecified atom stereocenters. The van der Waals surface area contributed by atoms with Crippen LogP contribution in [-0.4, -0.2) is 24.1 Å². The summed E-state index contributed by atoms with van der Waals surface area (Å²) in [6, 6.07) is 12.5. The average Bonchev–Trinajstić information content (AvgIpc) is 2.61. The molecule has 27 heavy (non-hydrogen) atoms. The largest absolute Gasteiger partial charge is 0.483 e. The maximum atomic E-state index is 12.0. The van der Waals surface area contributed by atoms with Crippen LogP contribution in [0.25, 0.3) is 0 Å². The number of hydrogen-bond donors (Lipinski definition) is 2. The number of nitrogens with zero attached hydrogens (tertiary/aromatic N) is 1. The minimum absolute atomic E-state index is 0.0237. The normalized spacial score (nSPS) is 11.0. The topological polar surface area (TPSA) is 79.8 Å². The molecule has 0 spiro atoms. The van der Waals surface area contributed by atoms with E-state index in [1.165, 1.54) is 0 Å². The molecule has 142 valence electrons. The van der Waals surface area contributed by atoms with Crippen molar-refractivity contribution in [1.82, 2.24) is 5.43 Å². The highest BCUT2D eigenvalue weighted by molar-refractivity contribution is 9.10. The van der Waals surface area contributed by atoms with E-state index in [0.29, 0.717) is 22.2 Å². The van der Waals surface area contributed by atoms with Gasteiger partial charge in [-0.25, -0.2) is 5.43 Å². The van der Waals surface area contributed by atoms with Gasteiger partial charge in [0.05, 0.1) is 21.6 Å². The van der Waals surface area contributed by atoms with Gasteiger partial charge in [0, 0.05) is 5.71 Å². The number of ether oxygens (including phenoxy) is 1. The highest BCUT2D eigenvalue weighted by Gasteiger charge is 2.08. The van der Waals surface area contributed by atoms with Crippen molar-refractivity contribution >= 4 is 50.7 Å². The molecule has 0 atom stereocenters. The Morgan fingerprint density at radius 1 is 1.19 bits per heavy atom. The van der Waals surface area contributed by atoms with Crippen LogP contribution in [0.2, 0.25) is 5.02 Å². The quantitative estimate of drug-likeness (QED) is 0.485. The fourth-order valence-corrected chi connectivity index (χ4v) is 2.88. The van der Waals surface area contributed by atoms with Crippen molar-refractivity contribution in [2.45, 2.75) is 20.3 Å². The van der Waals surface area contributed by atoms with Gasteiger partial charge in [0.2, 0.25) is 5.91 Å². The number of halogens is 2. The highest BCUT2D eigenvalue weighted by atomic mass is 79.9. The molecule has 6 nitrogen and oxygen atoms in total. The van der Waals surface area contributed by atoms with Gasteiger partial charge in [-0.1, -0.05) is 29.8 Å². The Bertz CT molecular complexity index is 871. The molecule has 0 heterocycles. The number of benzene rings is 2. The van der Waals surface area contributed by atoms with Crippen LogP contribution in [0.5, 0.6) is 5.75 Å². The summed E-state index contributed by atoms with van der Waals surface area (Å²) in [7, 11) is 0. The fraction of sp³-hybridized carbons (Fsp3) is 0.211. The minimum atomic E-state index is -0.423. The number of aryl methyl sites for hydroxylation is 1. The molecule has 0 aliphatic heterocycles. The number of carbonyl (C=O) groups excluding carboxylic acids is 2. The number of hydrazone groups is 1. The summed E-state index contributed by atoms with van der Waals surface area (Å²) in [6.45, 7) is 3.41. The number of hydrogen-bond acceptors (Lipinski definition) is 4. The van der Waals surface area contributed by atoms with Gasteiger partial charge < -0.3 is 10.1 Å². The molecule has 0 fully saturated rings. The van der Waals surface area contributed by atoms with Crippen LogP contribution >= 0.6 is 27.5 Å². The second-order valence-electron chi connectivity index (χ2n) is 5.81. The molecule has 8 heteroatoms. The fourth-order valence-electron chi connectivity index (χ4n) is 2.09. The molecule has 2 N–H and O–H groups in total. The summed E-state index contributed by atoms with van der Waals surface area (Å²) >= 11 is 9.37. The van der Waals surface area contributed by atoms with Crippen molar-refractivity contribution in [3.63, 3.8) is 0 Å². The van der Waals surface area contributed by atoms with Crippen LogP contribution in [0.3, 0.4) is 0 Å². The Morgan fingerprint density at radius 3 is 2.63 bits per heavy atom. The summed E-state index contributed by atoms with van der Waals surface area (Å²) < 4.78 is 6.21. The van der Waals surface area contributed by atoms with Crippen molar-refractivity contribution < 1.29 is 14.3 Å². The lowest BCUT2D eigenvalue weighted by Gasteiger charge is -2.08. The molecule has 2 amide bonds. The number of rotatable bonds is 7. The lowest BCUT2D eigenvalue weighted by atomic mass is 10.2. The van der Waals surface area contributed by atoms with Gasteiger partial charge in [0.1, 0.15) is 5.75 Å². The van der Waals surface area contributed by atoms with E-state index in [9.17, 15) is 9.59 Å². The summed E-state index contributed by atoms with van der Waals surface area (Å²) in [4.78, 5) is 23.8. The van der Waals surface area contributed by atoms with Gasteiger partial charge >= 0.3 is 0 Å². The Morgan fingerprint density at radius 2 is 1.93 bits per heavy atom. The highest BCUT2D eigenvalue weighted by Crippen LogP contribution is 2.25. The molecular formula is C19H19BrClN3O3. The SMILES string of the molecule is C/C(CC(=O)Nc1ccccc1Cl)=N/NC(=O)COc1ccc(C)cc1Br. The number of carbonyl (C=O) groups is 2. The Kier molecular flexibility index (Phi) is 7.82. The van der Waals surface area contributed by atoms with E-state index >= 15 is 0 Å². The summed E-state index contributed by atoms with van der Waals surface area (Å²) in [6.07, 6.45) is 0.0237. The Labute approximate surface area is 171 Å². The Hall–Kier alpha value is -2.38. The maximum absolute atomic E-state index is 12.0. The van der Waals surface area contributed by atoms with Crippen LogP contribution in [0.1, 0.15) is 18.9 Å². The van der Waals surface area contributed by atoms with Crippen LogP contribution in [0.4, 0.5) is 5.69 Å². The van der Waals surface area contributed by atoms with E-state index in [1.54, 1.807) is 37.3 Å². The number of amides is 2. The first-order valence-electron chi connectivity index (χ1n) is 8.10. The number of para-hydroxylation sites is 1. The van der Waals surface area contributed by atoms with Crippen LogP contribution in [0, 0.1) is 6.92 Å². The molecule has 0 radical (unpaired) electrons. The van der Waals surface area contributed by atoms with Gasteiger partial charge in [-0.3, -0.25) is 9.59 Å². The summed E-state index contributed by atoms with van der Waals surface area (Å²) in [5.74, 6) is -0.137. The third-order valence-corrected chi connectivity index (χ3v) is 4.33. The molecule has 0 aliphatic rings. The predicted molar refractivity (Wildman–Crippen MR) is 110 cm³/mol. The average molecular weight is 453 g/mol. The van der Waals surface area contributed by atoms with Gasteiger partial charge in [0.25, 0.3) is 5.91 Å². The zero-order valence-corrected chi connectivity index (χ0v) is 17.2. The van der Waals surface area contributed by atoms with Crippen molar-refractivity contribution in [3.8, 4) is 5.75 Å². The van der Waals surface area contributed by atoms with E-state index in [4.69, 9.17) is 16.3 Å². The van der Waals surface area contributed by atoms with E-state index in [2.05, 4.69) is 31.8 Å². The van der Waals surface area contributed by atoms with Crippen molar-refractivity contribution in [2.24, 2.45) is 5.10 Å². The molecule has 0 aliphatic carbocycles. The molecule has 0 bridgehead atoms. The Balaban J connectivity index is 1.79. The smallest absolute Gasteiger partial charge is 0.277 e. The molecular weight excluding hydrogens is 434 g/mol. The zero-order valence-electron chi connectivity index (χ0n) is 14.9. The van der Waals surface area contributed by atoms with E-state index in [1.807, 2.05) is 19.1 Å². The second-order valence-corrected chi connectivity index (χ2v) is 7.07. The third kappa shape index (κ3) is 7.03. The molecule has 0 aromatic heterocycles. The lowest BCUT2D eigenvalue weighted by Crippen LogP contribution is -2.26. The van der Waals surface area contributed by atoms with Gasteiger partial charge in [0.15, 0.2) is 6.61 Å². The van der Waals surface area contributed by atoms with Crippen LogP contribution in [-0.2, 0) is 9.59 Å². The zero-order chi connectivity index (χ0) is 19.8. The lowest BCUT2D eigenvalue weighted by molar-refractivity contribution is -0.123. The predicted octanol–water partition coefficient (Wildman–Crippen LogP) is 4.31. The number of nitrogens with one attached hydrogen (secondary N) is 2. The molecule has 0 saturated heterocycles. The first-order chi connectivity index (χ1) is 12.8.